The smallest absolute Gasteiger partial charge is 0.307 e. The van der Waals surface area contributed by atoms with Gasteiger partial charge in [0, 0.05) is 5.02 Å². The number of carboxylic acid groups (broad SMARTS) is 1. The van der Waals surface area contributed by atoms with E-state index in [2.05, 4.69) is 0 Å². The maximum Gasteiger partial charge on any atom is 0.307 e. The Morgan fingerprint density at radius 3 is 2.61 bits per heavy atom. The molecule has 1 unspecified atom stereocenters. The molecule has 1 aromatic rings. The zero-order valence-corrected chi connectivity index (χ0v) is 11.1. The highest BCUT2D eigenvalue weighted by molar-refractivity contribution is 7.90. The average molecular weight is 295 g/mol. The molecule has 18 heavy (non-hydrogen) atoms. The van der Waals surface area contributed by atoms with Crippen molar-refractivity contribution in [3.05, 3.63) is 34.6 Å². The fourth-order valence-electron chi connectivity index (χ4n) is 1.39. The Morgan fingerprint density at radius 1 is 1.50 bits per heavy atom. The molecule has 4 nitrogen and oxygen atoms in total. The molecule has 0 aliphatic rings. The van der Waals surface area contributed by atoms with Crippen molar-refractivity contribution in [2.24, 2.45) is 5.92 Å². The maximum atomic E-state index is 12.8. The van der Waals surface area contributed by atoms with Crippen molar-refractivity contribution in [2.75, 3.05) is 5.75 Å². The zero-order valence-electron chi connectivity index (χ0n) is 9.56. The van der Waals surface area contributed by atoms with Gasteiger partial charge in [-0.3, -0.25) is 4.79 Å². The number of benzene rings is 1. The van der Waals surface area contributed by atoms with Crippen molar-refractivity contribution in [2.45, 2.75) is 12.7 Å². The van der Waals surface area contributed by atoms with Gasteiger partial charge < -0.3 is 5.11 Å². The van der Waals surface area contributed by atoms with Crippen LogP contribution in [0.5, 0.6) is 0 Å². The lowest BCUT2D eigenvalue weighted by Crippen LogP contribution is -2.22. The number of hydrogen-bond acceptors (Lipinski definition) is 3. The van der Waals surface area contributed by atoms with Crippen molar-refractivity contribution < 1.29 is 22.7 Å². The van der Waals surface area contributed by atoms with E-state index in [9.17, 15) is 17.6 Å². The van der Waals surface area contributed by atoms with Crippen LogP contribution in [-0.4, -0.2) is 25.2 Å². The molecular weight excluding hydrogens is 283 g/mol. The number of hydrogen-bond donors (Lipinski definition) is 1. The van der Waals surface area contributed by atoms with E-state index in [-0.39, 0.29) is 10.6 Å². The lowest BCUT2D eigenvalue weighted by molar-refractivity contribution is -0.140. The van der Waals surface area contributed by atoms with Crippen molar-refractivity contribution in [3.63, 3.8) is 0 Å². The zero-order chi connectivity index (χ0) is 13.9. The lowest BCUT2D eigenvalue weighted by atomic mass is 10.2. The monoisotopic (exact) mass is 294 g/mol. The SMILES string of the molecule is CC(CS(=O)(=O)Cc1ccc(F)cc1Cl)C(=O)O. The van der Waals surface area contributed by atoms with Crippen molar-refractivity contribution in [3.8, 4) is 0 Å². The van der Waals surface area contributed by atoms with Gasteiger partial charge in [-0.15, -0.1) is 0 Å². The van der Waals surface area contributed by atoms with Crippen LogP contribution in [0.3, 0.4) is 0 Å². The molecule has 0 bridgehead atoms. The Balaban J connectivity index is 2.86. The second-order valence-corrected chi connectivity index (χ2v) is 6.55. The van der Waals surface area contributed by atoms with Crippen LogP contribution in [0.25, 0.3) is 0 Å². The second kappa shape index (κ2) is 5.67. The molecule has 100 valence electrons. The summed E-state index contributed by atoms with van der Waals surface area (Å²) in [7, 11) is -3.60. The first-order valence-corrected chi connectivity index (χ1v) is 7.28. The van der Waals surface area contributed by atoms with Crippen molar-refractivity contribution in [1.29, 1.82) is 0 Å². The van der Waals surface area contributed by atoms with Crippen LogP contribution >= 0.6 is 11.6 Å². The van der Waals surface area contributed by atoms with Gasteiger partial charge in [0.1, 0.15) is 5.82 Å². The Labute approximate surface area is 109 Å². The van der Waals surface area contributed by atoms with Crippen LogP contribution in [0, 0.1) is 11.7 Å². The largest absolute Gasteiger partial charge is 0.481 e. The van der Waals surface area contributed by atoms with Gasteiger partial charge in [-0.2, -0.15) is 0 Å². The first kappa shape index (κ1) is 14.9. The Morgan fingerprint density at radius 2 is 2.11 bits per heavy atom. The van der Waals surface area contributed by atoms with Gasteiger partial charge in [0.25, 0.3) is 0 Å². The molecule has 0 heterocycles. The standard InChI is InChI=1S/C11H12ClFO4S/c1-7(11(14)15)5-18(16,17)6-8-2-3-9(13)4-10(8)12/h2-4,7H,5-6H2,1H3,(H,14,15). The van der Waals surface area contributed by atoms with Crippen LogP contribution in [0.1, 0.15) is 12.5 Å². The topological polar surface area (TPSA) is 71.4 Å². The third-order valence-electron chi connectivity index (χ3n) is 2.32. The number of carboxylic acids is 1. The van der Waals surface area contributed by atoms with E-state index in [1.54, 1.807) is 0 Å². The molecule has 1 aromatic carbocycles. The normalized spacial score (nSPS) is 13.3. The summed E-state index contributed by atoms with van der Waals surface area (Å²) in [4.78, 5) is 10.6. The fourth-order valence-corrected chi connectivity index (χ4v) is 3.45. The van der Waals surface area contributed by atoms with E-state index >= 15 is 0 Å². The Hall–Kier alpha value is -1.14. The molecule has 0 amide bonds. The Bertz CT molecular complexity index is 556. The molecule has 0 aliphatic heterocycles. The van der Waals surface area contributed by atoms with Crippen LogP contribution in [0.4, 0.5) is 4.39 Å². The van der Waals surface area contributed by atoms with Gasteiger partial charge in [0.05, 0.1) is 17.4 Å². The third kappa shape index (κ3) is 4.27. The highest BCUT2D eigenvalue weighted by atomic mass is 35.5. The summed E-state index contributed by atoms with van der Waals surface area (Å²) in [5.74, 6) is -3.60. The summed E-state index contributed by atoms with van der Waals surface area (Å²) >= 11 is 5.71. The van der Waals surface area contributed by atoms with Gasteiger partial charge in [0.15, 0.2) is 9.84 Å². The van der Waals surface area contributed by atoms with Crippen LogP contribution in [0.15, 0.2) is 18.2 Å². The first-order chi connectivity index (χ1) is 8.21. The number of rotatable bonds is 5. The van der Waals surface area contributed by atoms with E-state index in [1.807, 2.05) is 0 Å². The van der Waals surface area contributed by atoms with E-state index < -0.39 is 39.0 Å². The minimum atomic E-state index is -3.60. The summed E-state index contributed by atoms with van der Waals surface area (Å²) in [6.45, 7) is 1.31. The van der Waals surface area contributed by atoms with Crippen LogP contribution in [-0.2, 0) is 20.4 Å². The summed E-state index contributed by atoms with van der Waals surface area (Å²) in [5.41, 5.74) is 0.260. The molecule has 7 heteroatoms. The molecule has 1 rings (SSSR count). The van der Waals surface area contributed by atoms with E-state index in [4.69, 9.17) is 16.7 Å². The third-order valence-corrected chi connectivity index (χ3v) is 4.43. The fraction of sp³-hybridized carbons (Fsp3) is 0.364. The highest BCUT2D eigenvalue weighted by Crippen LogP contribution is 2.20. The predicted octanol–water partition coefficient (Wildman–Crippen LogP) is 2.11. The number of aliphatic carboxylic acids is 1. The van der Waals surface area contributed by atoms with Gasteiger partial charge in [-0.05, 0) is 17.7 Å². The summed E-state index contributed by atoms with van der Waals surface area (Å²) < 4.78 is 36.3. The molecule has 0 spiro atoms. The maximum absolute atomic E-state index is 12.8. The average Bonchev–Trinajstić information content (AvgIpc) is 2.21. The quantitative estimate of drug-likeness (QED) is 0.903. The van der Waals surface area contributed by atoms with E-state index in [1.165, 1.54) is 13.0 Å². The molecule has 0 radical (unpaired) electrons. The minimum absolute atomic E-state index is 0.0153. The molecule has 0 fully saturated rings. The van der Waals surface area contributed by atoms with Gasteiger partial charge in [0.2, 0.25) is 0 Å². The Kier molecular flexibility index (Phi) is 4.70. The van der Waals surface area contributed by atoms with Crippen LogP contribution < -0.4 is 0 Å². The minimum Gasteiger partial charge on any atom is -0.481 e. The van der Waals surface area contributed by atoms with Gasteiger partial charge in [-0.25, -0.2) is 12.8 Å². The molecule has 0 aromatic heterocycles. The molecule has 0 saturated carbocycles. The molecule has 1 N–H and O–H groups in total. The predicted molar refractivity (Wildman–Crippen MR) is 65.7 cm³/mol. The number of sulfone groups is 1. The molecule has 0 aliphatic carbocycles. The van der Waals surface area contributed by atoms with Gasteiger partial charge in [-0.1, -0.05) is 24.6 Å². The van der Waals surface area contributed by atoms with Crippen LogP contribution in [0.2, 0.25) is 5.02 Å². The molecule has 1 atom stereocenters. The summed E-state index contributed by atoms with van der Waals surface area (Å²) in [6.07, 6.45) is 0. The lowest BCUT2D eigenvalue weighted by Gasteiger charge is -2.09. The molecule has 0 saturated heterocycles. The van der Waals surface area contributed by atoms with E-state index in [0.29, 0.717) is 0 Å². The van der Waals surface area contributed by atoms with Gasteiger partial charge >= 0.3 is 5.97 Å². The first-order valence-electron chi connectivity index (χ1n) is 5.08. The number of carbonyl (C=O) groups is 1. The summed E-state index contributed by atoms with van der Waals surface area (Å²) in [6, 6.07) is 3.41. The highest BCUT2D eigenvalue weighted by Gasteiger charge is 2.22. The molecular formula is C11H12ClFO4S. The second-order valence-electron chi connectivity index (χ2n) is 4.03. The summed E-state index contributed by atoms with van der Waals surface area (Å²) in [5, 5.41) is 8.68. The number of halogens is 2. The van der Waals surface area contributed by atoms with E-state index in [0.717, 1.165) is 12.1 Å². The van der Waals surface area contributed by atoms with Crippen molar-refractivity contribution in [1.82, 2.24) is 0 Å². The van der Waals surface area contributed by atoms with Crippen molar-refractivity contribution >= 4 is 27.4 Å².